The predicted molar refractivity (Wildman–Crippen MR) is 225 cm³/mol. The van der Waals surface area contributed by atoms with Crippen molar-refractivity contribution in [2.75, 3.05) is 0 Å². The largest absolute Gasteiger partial charge is 0.0616 e. The quantitative estimate of drug-likeness (QED) is 0.131. The maximum atomic E-state index is 2.43. The second-order valence-electron chi connectivity index (χ2n) is 14.0. The van der Waals surface area contributed by atoms with Gasteiger partial charge in [-0.15, -0.1) is 0 Å². The van der Waals surface area contributed by atoms with Crippen LogP contribution < -0.4 is 0 Å². The van der Waals surface area contributed by atoms with Gasteiger partial charge in [0.25, 0.3) is 0 Å². The van der Waals surface area contributed by atoms with Crippen molar-refractivity contribution in [1.82, 2.24) is 0 Å². The molecule has 0 fully saturated rings. The molecule has 0 atom stereocenters. The van der Waals surface area contributed by atoms with Crippen molar-refractivity contribution in [3.05, 3.63) is 194 Å². The molecule has 240 valence electrons. The van der Waals surface area contributed by atoms with Crippen LogP contribution in [0.3, 0.4) is 0 Å². The van der Waals surface area contributed by atoms with Gasteiger partial charge >= 0.3 is 0 Å². The van der Waals surface area contributed by atoms with E-state index in [-0.39, 0.29) is 0 Å². The maximum Gasteiger partial charge on any atom is -0.00199 e. The van der Waals surface area contributed by atoms with E-state index in [0.29, 0.717) is 0 Å². The van der Waals surface area contributed by atoms with Crippen molar-refractivity contribution < 1.29 is 0 Å². The Labute approximate surface area is 301 Å². The molecule has 52 heavy (non-hydrogen) atoms. The van der Waals surface area contributed by atoms with Crippen LogP contribution in [0.5, 0.6) is 0 Å². The van der Waals surface area contributed by atoms with E-state index >= 15 is 0 Å². The van der Waals surface area contributed by atoms with Crippen LogP contribution in [0.25, 0.3) is 109 Å². The van der Waals surface area contributed by atoms with Crippen LogP contribution in [0, 0.1) is 0 Å². The highest BCUT2D eigenvalue weighted by atomic mass is 14.2. The van der Waals surface area contributed by atoms with Crippen molar-refractivity contribution >= 4 is 75.4 Å². The molecule has 0 aliphatic heterocycles. The first-order chi connectivity index (χ1) is 25.8. The van der Waals surface area contributed by atoms with Gasteiger partial charge < -0.3 is 0 Å². The summed E-state index contributed by atoms with van der Waals surface area (Å²) in [5.41, 5.74) is 7.56. The van der Waals surface area contributed by atoms with Crippen LogP contribution in [0.1, 0.15) is 0 Å². The third-order valence-electron chi connectivity index (χ3n) is 11.2. The second kappa shape index (κ2) is 11.4. The average molecular weight is 657 g/mol. The Morgan fingerprint density at radius 2 is 0.635 bits per heavy atom. The fourth-order valence-corrected chi connectivity index (χ4v) is 8.92. The van der Waals surface area contributed by atoms with Gasteiger partial charge in [0.2, 0.25) is 0 Å². The second-order valence-corrected chi connectivity index (χ2v) is 14.0. The van der Waals surface area contributed by atoms with Crippen LogP contribution in [-0.4, -0.2) is 0 Å². The predicted octanol–water partition coefficient (Wildman–Crippen LogP) is 14.8. The number of hydrogen-bond donors (Lipinski definition) is 0. The third-order valence-corrected chi connectivity index (χ3v) is 11.2. The molecule has 0 aliphatic carbocycles. The minimum Gasteiger partial charge on any atom is -0.0616 e. The highest BCUT2D eigenvalue weighted by Gasteiger charge is 2.20. The lowest BCUT2D eigenvalue weighted by Gasteiger charge is -2.20. The first-order valence-corrected chi connectivity index (χ1v) is 18.1. The molecule has 11 rings (SSSR count). The fourth-order valence-electron chi connectivity index (χ4n) is 8.92. The molecular formula is C52H32. The van der Waals surface area contributed by atoms with Gasteiger partial charge in [0.05, 0.1) is 0 Å². The highest BCUT2D eigenvalue weighted by Crippen LogP contribution is 2.47. The normalized spacial score (nSPS) is 11.8. The van der Waals surface area contributed by atoms with Crippen LogP contribution in [-0.2, 0) is 0 Å². The maximum absolute atomic E-state index is 2.43. The molecule has 0 N–H and O–H groups in total. The molecular weight excluding hydrogens is 625 g/mol. The summed E-state index contributed by atoms with van der Waals surface area (Å²) in [5, 5.41) is 17.9. The molecule has 0 saturated carbocycles. The first-order valence-electron chi connectivity index (χ1n) is 18.1. The van der Waals surface area contributed by atoms with E-state index in [4.69, 9.17) is 0 Å². The lowest BCUT2D eigenvalue weighted by Crippen LogP contribution is -1.92. The molecule has 0 unspecified atom stereocenters. The SMILES string of the molecule is c1ccc2c(c1)cc(-c1ccc(-c3c4ccccc4c(-c4cc5ccc6ccccc6c5c5ccccc45)c4ccccc34)cc1)c1ccccc12. The zero-order chi connectivity index (χ0) is 34.2. The average Bonchev–Trinajstić information content (AvgIpc) is 3.22. The molecule has 0 aromatic heterocycles. The molecule has 11 aromatic carbocycles. The number of rotatable bonds is 3. The molecule has 0 nitrogen and oxygen atoms in total. The summed E-state index contributed by atoms with van der Waals surface area (Å²) < 4.78 is 0. The van der Waals surface area contributed by atoms with Gasteiger partial charge in [0.1, 0.15) is 0 Å². The van der Waals surface area contributed by atoms with Crippen LogP contribution in [0.4, 0.5) is 0 Å². The Bertz CT molecular complexity index is 3160. The van der Waals surface area contributed by atoms with Crippen LogP contribution in [0.15, 0.2) is 194 Å². The summed E-state index contributed by atoms with van der Waals surface area (Å²) in [4.78, 5) is 0. The van der Waals surface area contributed by atoms with E-state index in [1.54, 1.807) is 0 Å². The van der Waals surface area contributed by atoms with Gasteiger partial charge in [0, 0.05) is 0 Å². The van der Waals surface area contributed by atoms with Crippen molar-refractivity contribution in [3.63, 3.8) is 0 Å². The minimum absolute atomic E-state index is 1.22. The lowest BCUT2D eigenvalue weighted by molar-refractivity contribution is 1.64. The molecule has 0 heterocycles. The lowest BCUT2D eigenvalue weighted by atomic mass is 9.83. The Hall–Kier alpha value is -6.76. The molecule has 0 amide bonds. The fraction of sp³-hybridized carbons (Fsp3) is 0. The molecule has 0 spiro atoms. The van der Waals surface area contributed by atoms with Gasteiger partial charge in [-0.25, -0.2) is 0 Å². The topological polar surface area (TPSA) is 0 Å². The Morgan fingerprint density at radius 3 is 1.29 bits per heavy atom. The molecule has 0 radical (unpaired) electrons. The van der Waals surface area contributed by atoms with Gasteiger partial charge in [-0.3, -0.25) is 0 Å². The smallest absolute Gasteiger partial charge is 0.00199 e. The Morgan fingerprint density at radius 1 is 0.212 bits per heavy atom. The number of hydrogen-bond acceptors (Lipinski definition) is 0. The number of benzene rings is 11. The molecule has 0 saturated heterocycles. The standard InChI is InChI=1S/C52H32/c1-4-16-39-33(13-1)27-30-37-32-49(42-19-7-8-20-43(42)51(37)39)52-46-23-11-9-21-44(46)50(45-22-10-12-24-47(45)52)35-28-25-34(26-29-35)48-31-36-14-2-3-15-38(36)40-17-5-6-18-41(40)48/h1-32H. The van der Waals surface area contributed by atoms with E-state index in [0.717, 1.165) is 0 Å². The summed E-state index contributed by atoms with van der Waals surface area (Å²) >= 11 is 0. The summed E-state index contributed by atoms with van der Waals surface area (Å²) in [5.74, 6) is 0. The third kappa shape index (κ3) is 4.28. The summed E-state index contributed by atoms with van der Waals surface area (Å²) in [6, 6.07) is 71.8. The molecule has 0 aliphatic rings. The van der Waals surface area contributed by atoms with E-state index in [1.807, 2.05) is 0 Å². The van der Waals surface area contributed by atoms with Crippen molar-refractivity contribution in [3.8, 4) is 33.4 Å². The van der Waals surface area contributed by atoms with Gasteiger partial charge in [0.15, 0.2) is 0 Å². The highest BCUT2D eigenvalue weighted by molar-refractivity contribution is 6.28. The van der Waals surface area contributed by atoms with Gasteiger partial charge in [-0.05, 0) is 121 Å². The van der Waals surface area contributed by atoms with Crippen molar-refractivity contribution in [1.29, 1.82) is 0 Å². The van der Waals surface area contributed by atoms with E-state index in [1.165, 1.54) is 109 Å². The zero-order valence-electron chi connectivity index (χ0n) is 28.5. The van der Waals surface area contributed by atoms with Crippen LogP contribution >= 0.6 is 0 Å². The molecule has 0 heteroatoms. The van der Waals surface area contributed by atoms with Crippen molar-refractivity contribution in [2.45, 2.75) is 0 Å². The minimum atomic E-state index is 1.22. The van der Waals surface area contributed by atoms with E-state index in [2.05, 4.69) is 194 Å². The molecule has 11 aromatic rings. The van der Waals surface area contributed by atoms with Gasteiger partial charge in [-0.1, -0.05) is 182 Å². The van der Waals surface area contributed by atoms with E-state index < -0.39 is 0 Å². The van der Waals surface area contributed by atoms with Crippen LogP contribution in [0.2, 0.25) is 0 Å². The summed E-state index contributed by atoms with van der Waals surface area (Å²) in [6.45, 7) is 0. The number of fused-ring (bicyclic) bond motifs is 10. The van der Waals surface area contributed by atoms with Gasteiger partial charge in [-0.2, -0.15) is 0 Å². The summed E-state index contributed by atoms with van der Waals surface area (Å²) in [7, 11) is 0. The Balaban J connectivity index is 1.16. The monoisotopic (exact) mass is 656 g/mol. The molecule has 0 bridgehead atoms. The first kappa shape index (κ1) is 29.0. The Kier molecular flexibility index (Phi) is 6.35. The van der Waals surface area contributed by atoms with Crippen molar-refractivity contribution in [2.24, 2.45) is 0 Å². The summed E-state index contributed by atoms with van der Waals surface area (Å²) in [6.07, 6.45) is 0. The zero-order valence-corrected chi connectivity index (χ0v) is 28.5. The van der Waals surface area contributed by atoms with E-state index in [9.17, 15) is 0 Å².